The topological polar surface area (TPSA) is 92.4 Å². The standard InChI is InChI=1S/C11H9ClN2O4S/c12-8-2-1-5-13-10(8)14-7(6-19(17)18)3-4-9(14)11(15)16/h1-5H,6H2,(H,15,16)(H,17,18). The van der Waals surface area contributed by atoms with Crippen molar-refractivity contribution in [3.8, 4) is 5.82 Å². The normalized spacial score (nSPS) is 12.3. The molecule has 1 atom stereocenters. The van der Waals surface area contributed by atoms with E-state index in [0.29, 0.717) is 5.69 Å². The fraction of sp³-hybridized carbons (Fsp3) is 0.0909. The number of aromatic nitrogens is 2. The lowest BCUT2D eigenvalue weighted by Crippen LogP contribution is -2.12. The molecule has 0 saturated heterocycles. The molecule has 0 aliphatic rings. The van der Waals surface area contributed by atoms with Gasteiger partial charge in [-0.2, -0.15) is 0 Å². The molecule has 0 aliphatic carbocycles. The minimum atomic E-state index is -2.09. The SMILES string of the molecule is O=C(O)c1ccc(CS(=O)O)n1-c1ncccc1Cl. The Balaban J connectivity index is 2.65. The van der Waals surface area contributed by atoms with Crippen LogP contribution in [0.3, 0.4) is 0 Å². The molecule has 19 heavy (non-hydrogen) atoms. The maximum atomic E-state index is 11.2. The molecule has 8 heteroatoms. The monoisotopic (exact) mass is 300 g/mol. The van der Waals surface area contributed by atoms with Gasteiger partial charge in [-0.1, -0.05) is 11.6 Å². The number of hydrogen-bond acceptors (Lipinski definition) is 3. The summed E-state index contributed by atoms with van der Waals surface area (Å²) in [6, 6.07) is 5.98. The van der Waals surface area contributed by atoms with E-state index in [1.807, 2.05) is 0 Å². The molecular weight excluding hydrogens is 292 g/mol. The Morgan fingerprint density at radius 3 is 2.74 bits per heavy atom. The highest BCUT2D eigenvalue weighted by atomic mass is 35.5. The molecule has 0 radical (unpaired) electrons. The van der Waals surface area contributed by atoms with Crippen molar-refractivity contribution >= 4 is 28.7 Å². The zero-order chi connectivity index (χ0) is 14.0. The summed E-state index contributed by atoms with van der Waals surface area (Å²) in [6.45, 7) is 0. The summed E-state index contributed by atoms with van der Waals surface area (Å²) in [4.78, 5) is 15.2. The van der Waals surface area contributed by atoms with E-state index >= 15 is 0 Å². The molecule has 0 aromatic carbocycles. The number of carboxylic acids is 1. The van der Waals surface area contributed by atoms with Crippen LogP contribution in [0.1, 0.15) is 16.2 Å². The summed E-state index contributed by atoms with van der Waals surface area (Å²) in [5.74, 6) is -1.16. The maximum Gasteiger partial charge on any atom is 0.352 e. The first kappa shape index (κ1) is 13.7. The van der Waals surface area contributed by atoms with Gasteiger partial charge in [0.15, 0.2) is 16.9 Å². The third kappa shape index (κ3) is 2.83. The minimum Gasteiger partial charge on any atom is -0.477 e. The number of carbonyl (C=O) groups is 1. The third-order valence-corrected chi connectivity index (χ3v) is 3.24. The largest absolute Gasteiger partial charge is 0.477 e. The number of aromatic carboxylic acids is 1. The molecular formula is C11H9ClN2O4S. The predicted molar refractivity (Wildman–Crippen MR) is 70.0 cm³/mol. The van der Waals surface area contributed by atoms with E-state index in [0.717, 1.165) is 0 Å². The smallest absolute Gasteiger partial charge is 0.352 e. The highest BCUT2D eigenvalue weighted by molar-refractivity contribution is 7.78. The summed E-state index contributed by atoms with van der Waals surface area (Å²) < 4.78 is 21.1. The number of carboxylic acid groups (broad SMARTS) is 1. The Morgan fingerprint density at radius 1 is 1.42 bits per heavy atom. The molecule has 2 rings (SSSR count). The van der Waals surface area contributed by atoms with E-state index in [2.05, 4.69) is 4.98 Å². The fourth-order valence-corrected chi connectivity index (χ4v) is 2.36. The highest BCUT2D eigenvalue weighted by Crippen LogP contribution is 2.23. The van der Waals surface area contributed by atoms with Gasteiger partial charge in [0.2, 0.25) is 0 Å². The summed E-state index contributed by atoms with van der Waals surface area (Å²) in [6.07, 6.45) is 1.46. The molecule has 0 amide bonds. The summed E-state index contributed by atoms with van der Waals surface area (Å²) in [5, 5.41) is 9.39. The first-order valence-corrected chi connectivity index (χ1v) is 6.78. The average molecular weight is 301 g/mol. The van der Waals surface area contributed by atoms with Crippen LogP contribution in [-0.4, -0.2) is 29.4 Å². The van der Waals surface area contributed by atoms with E-state index < -0.39 is 17.0 Å². The molecule has 1 unspecified atom stereocenters. The van der Waals surface area contributed by atoms with Crippen LogP contribution in [0.5, 0.6) is 0 Å². The molecule has 0 saturated carbocycles. The van der Waals surface area contributed by atoms with Gasteiger partial charge in [0.25, 0.3) is 0 Å². The highest BCUT2D eigenvalue weighted by Gasteiger charge is 2.19. The summed E-state index contributed by atoms with van der Waals surface area (Å²) in [5.41, 5.74) is 0.278. The second-order valence-electron chi connectivity index (χ2n) is 3.63. The van der Waals surface area contributed by atoms with Crippen LogP contribution in [0, 0.1) is 0 Å². The zero-order valence-corrected chi connectivity index (χ0v) is 11.1. The average Bonchev–Trinajstić information content (AvgIpc) is 2.72. The Kier molecular flexibility index (Phi) is 3.98. The van der Waals surface area contributed by atoms with Crippen molar-refractivity contribution in [3.05, 3.63) is 46.9 Å². The van der Waals surface area contributed by atoms with Gasteiger partial charge < -0.3 is 9.66 Å². The molecule has 100 valence electrons. The van der Waals surface area contributed by atoms with Crippen molar-refractivity contribution in [2.45, 2.75) is 5.75 Å². The second kappa shape index (κ2) is 5.52. The van der Waals surface area contributed by atoms with Crippen LogP contribution in [0.15, 0.2) is 30.5 Å². The van der Waals surface area contributed by atoms with Gasteiger partial charge in [-0.3, -0.25) is 4.57 Å². The number of hydrogen-bond donors (Lipinski definition) is 2. The van der Waals surface area contributed by atoms with Crippen LogP contribution in [0.4, 0.5) is 0 Å². The Hall–Kier alpha value is -1.70. The first-order chi connectivity index (χ1) is 9.00. The lowest BCUT2D eigenvalue weighted by Gasteiger charge is -2.11. The van der Waals surface area contributed by atoms with Crippen LogP contribution in [0.2, 0.25) is 5.02 Å². The van der Waals surface area contributed by atoms with E-state index in [1.54, 1.807) is 12.1 Å². The Bertz CT molecular complexity index is 656. The minimum absolute atomic E-state index is 0.0685. The van der Waals surface area contributed by atoms with Gasteiger partial charge in [-0.05, 0) is 24.3 Å². The van der Waals surface area contributed by atoms with E-state index in [-0.39, 0.29) is 22.3 Å². The van der Waals surface area contributed by atoms with Crippen LogP contribution < -0.4 is 0 Å². The van der Waals surface area contributed by atoms with Gasteiger partial charge in [-0.15, -0.1) is 0 Å². The van der Waals surface area contributed by atoms with Crippen LogP contribution in [-0.2, 0) is 16.8 Å². The molecule has 0 spiro atoms. The van der Waals surface area contributed by atoms with Gasteiger partial charge in [-0.25, -0.2) is 14.0 Å². The molecule has 2 aromatic rings. The van der Waals surface area contributed by atoms with Crippen molar-refractivity contribution in [2.24, 2.45) is 0 Å². The van der Waals surface area contributed by atoms with Crippen molar-refractivity contribution in [2.75, 3.05) is 0 Å². The molecule has 6 nitrogen and oxygen atoms in total. The number of rotatable bonds is 4. The lowest BCUT2D eigenvalue weighted by molar-refractivity contribution is 0.0688. The quantitative estimate of drug-likeness (QED) is 0.842. The Morgan fingerprint density at radius 2 is 2.16 bits per heavy atom. The van der Waals surface area contributed by atoms with Crippen LogP contribution >= 0.6 is 11.6 Å². The van der Waals surface area contributed by atoms with Gasteiger partial charge in [0.1, 0.15) is 5.69 Å². The molecule has 2 aromatic heterocycles. The number of nitrogens with zero attached hydrogens (tertiary/aromatic N) is 2. The predicted octanol–water partition coefficient (Wildman–Crippen LogP) is 1.95. The van der Waals surface area contributed by atoms with E-state index in [4.69, 9.17) is 21.3 Å². The van der Waals surface area contributed by atoms with Crippen molar-refractivity contribution in [1.82, 2.24) is 9.55 Å². The molecule has 0 fully saturated rings. The van der Waals surface area contributed by atoms with Crippen molar-refractivity contribution in [1.29, 1.82) is 0 Å². The summed E-state index contributed by atoms with van der Waals surface area (Å²) in [7, 11) is 0. The zero-order valence-electron chi connectivity index (χ0n) is 9.49. The first-order valence-electron chi connectivity index (χ1n) is 5.13. The fourth-order valence-electron chi connectivity index (χ4n) is 1.68. The van der Waals surface area contributed by atoms with Crippen molar-refractivity contribution in [3.63, 3.8) is 0 Å². The molecule has 0 bridgehead atoms. The molecule has 2 N–H and O–H groups in total. The molecule has 0 aliphatic heterocycles. The summed E-state index contributed by atoms with van der Waals surface area (Å²) >= 11 is 3.89. The number of halogens is 1. The second-order valence-corrected chi connectivity index (χ2v) is 4.96. The van der Waals surface area contributed by atoms with Gasteiger partial charge >= 0.3 is 5.97 Å². The lowest BCUT2D eigenvalue weighted by atomic mass is 10.4. The van der Waals surface area contributed by atoms with Crippen molar-refractivity contribution < 1.29 is 18.7 Å². The van der Waals surface area contributed by atoms with Crippen LogP contribution in [0.25, 0.3) is 5.82 Å². The van der Waals surface area contributed by atoms with Gasteiger partial charge in [0, 0.05) is 11.9 Å². The number of pyridine rings is 1. The Labute approximate surface area is 115 Å². The van der Waals surface area contributed by atoms with Gasteiger partial charge in [0.05, 0.1) is 10.8 Å². The van der Waals surface area contributed by atoms with E-state index in [1.165, 1.54) is 22.9 Å². The maximum absolute atomic E-state index is 11.2. The van der Waals surface area contributed by atoms with E-state index in [9.17, 15) is 9.00 Å². The third-order valence-electron chi connectivity index (χ3n) is 2.40. The molecule has 2 heterocycles.